The number of nitrogens with zero attached hydrogens (tertiary/aromatic N) is 5. The van der Waals surface area contributed by atoms with Gasteiger partial charge in [0, 0.05) is 88.1 Å². The maximum Gasteiger partial charge on any atom is 0.170 e. The average Bonchev–Trinajstić information content (AvgIpc) is 1.47. The van der Waals surface area contributed by atoms with E-state index in [0.717, 1.165) is 133 Å². The number of aromatic nitrogens is 1. The predicted molar refractivity (Wildman–Crippen MR) is 357 cm³/mol. The predicted octanol–water partition coefficient (Wildman–Crippen LogP) is 14.4. The minimum Gasteiger partial charge on any atom is -0.493 e. The summed E-state index contributed by atoms with van der Waals surface area (Å²) >= 11 is 5.55. The van der Waals surface area contributed by atoms with Gasteiger partial charge in [-0.1, -0.05) is 15.5 Å². The molecule has 7 aromatic rings. The van der Waals surface area contributed by atoms with Crippen LogP contribution in [0.25, 0.3) is 11.0 Å². The van der Waals surface area contributed by atoms with Crippen LogP contribution in [0.4, 0.5) is 22.0 Å². The molecule has 516 valence electrons. The van der Waals surface area contributed by atoms with Crippen molar-refractivity contribution >= 4 is 51.3 Å². The molecule has 6 aromatic carbocycles. The number of benzene rings is 6. The second kappa shape index (κ2) is 38.2. The fourth-order valence-corrected chi connectivity index (χ4v) is 11.6. The molecule has 0 bridgehead atoms. The second-order valence-electron chi connectivity index (χ2n) is 23.2. The van der Waals surface area contributed by atoms with Gasteiger partial charge in [0.05, 0.1) is 58.3 Å². The molecule has 3 saturated heterocycles. The van der Waals surface area contributed by atoms with E-state index in [1.165, 1.54) is 64.3 Å². The number of carbonyl (C=O) groups is 3. The Morgan fingerprint density at radius 3 is 1.32 bits per heavy atom. The minimum atomic E-state index is -0.718. The van der Waals surface area contributed by atoms with Gasteiger partial charge in [-0.3, -0.25) is 14.4 Å². The Labute approximate surface area is 561 Å². The zero-order valence-electron chi connectivity index (χ0n) is 55.0. The van der Waals surface area contributed by atoms with Crippen molar-refractivity contribution in [2.24, 2.45) is 22.1 Å². The lowest BCUT2D eigenvalue weighted by atomic mass is 9.88. The zero-order chi connectivity index (χ0) is 69.1. The standard InChI is InChI=1S/C24H28F2N2O4.C24H27FN2O4.C12H15ClO3.C12H14F2N2O/c1-16(29)18-4-7-22(23(14-18)31-2)32-13-3-10-28-11-8-17(9-12-28)24(27-30)20-6-5-19(25)15-21(20)26;1-16(28)18-4-7-21(23(14-18)29-2)30-13-3-10-27-11-8-17(9-12-27)24-20-6-5-19(25)15-22(20)31-26-24;1-9(14)10-4-5-11(12(8-10)15-2)16-7-3-6-13;13-9-1-2-10(11(14)7-9)12(16-17)8-3-5-15-6-4-8/h4-7,14-15,17,30H,3,8-13H2,1-2H3;4-7,14-15,17H,3,8-13H2,1-2H3;4-5,8H,3,6-7H2,1-2H3;1-2,7-8,15,17H,3-6H2/b27-24+;;;16-12+. The van der Waals surface area contributed by atoms with Gasteiger partial charge < -0.3 is 58.5 Å². The first-order chi connectivity index (χ1) is 46.4. The summed E-state index contributed by atoms with van der Waals surface area (Å²) in [5.41, 5.74) is 4.16. The molecule has 3 fully saturated rings. The van der Waals surface area contributed by atoms with E-state index < -0.39 is 23.3 Å². The number of likely N-dealkylation sites (tertiary alicyclic amines) is 2. The van der Waals surface area contributed by atoms with E-state index >= 15 is 0 Å². The van der Waals surface area contributed by atoms with Gasteiger partial charge in [0.25, 0.3) is 0 Å². The number of nitrogens with one attached hydrogen (secondary N) is 1. The lowest BCUT2D eigenvalue weighted by Gasteiger charge is -2.32. The monoisotopic (exact) mass is 1350 g/mol. The van der Waals surface area contributed by atoms with Gasteiger partial charge >= 0.3 is 0 Å². The molecule has 0 aliphatic carbocycles. The topological polar surface area (TPSA) is 216 Å². The summed E-state index contributed by atoms with van der Waals surface area (Å²) in [6.45, 7) is 13.1. The number of ether oxygens (including phenoxy) is 6. The molecule has 0 radical (unpaired) electrons. The van der Waals surface area contributed by atoms with Crippen LogP contribution in [-0.2, 0) is 0 Å². The van der Waals surface area contributed by atoms with Crippen molar-refractivity contribution < 1.29 is 79.7 Å². The molecule has 1 aromatic heterocycles. The SMILES string of the molecule is COc1cc(C(C)=O)ccc1OCCCCl.COc1cc(C(C)=O)ccc1OCCCN1CCC(/C(=N\O)c2ccc(F)cc2F)CC1.COc1cc(C(C)=O)ccc1OCCCN1CCC(c2noc3cc(F)ccc23)CC1.O/N=C(/c1ccc(F)cc1F)C1CCNCC1. The average molecular weight is 1360 g/mol. The van der Waals surface area contributed by atoms with E-state index in [9.17, 15) is 41.5 Å². The van der Waals surface area contributed by atoms with Crippen LogP contribution in [0.2, 0.25) is 0 Å². The van der Waals surface area contributed by atoms with Crippen LogP contribution in [0.15, 0.2) is 124 Å². The lowest BCUT2D eigenvalue weighted by molar-refractivity contribution is 0.100. The van der Waals surface area contributed by atoms with E-state index in [4.69, 9.17) is 49.8 Å². The maximum atomic E-state index is 14.1. The highest BCUT2D eigenvalue weighted by atomic mass is 35.5. The number of fused-ring (bicyclic) bond motifs is 1. The molecule has 0 unspecified atom stereocenters. The Morgan fingerprint density at radius 1 is 0.531 bits per heavy atom. The summed E-state index contributed by atoms with van der Waals surface area (Å²) < 4.78 is 105. The quantitative estimate of drug-likeness (QED) is 0.00922. The fraction of sp³-hybridized carbons (Fsp3) is 0.417. The fourth-order valence-electron chi connectivity index (χ4n) is 11.5. The highest BCUT2D eigenvalue weighted by Gasteiger charge is 2.29. The molecule has 0 spiro atoms. The summed E-state index contributed by atoms with van der Waals surface area (Å²) in [4.78, 5) is 38.9. The Kier molecular flexibility index (Phi) is 29.7. The van der Waals surface area contributed by atoms with Crippen LogP contribution >= 0.6 is 11.6 Å². The molecule has 24 heteroatoms. The van der Waals surface area contributed by atoms with Crippen LogP contribution < -0.4 is 33.7 Å². The number of hydrogen-bond donors (Lipinski definition) is 3. The number of halogens is 6. The highest BCUT2D eigenvalue weighted by molar-refractivity contribution is 6.17. The molecule has 3 aliphatic rings. The van der Waals surface area contributed by atoms with Gasteiger partial charge in [-0.05, 0) is 209 Å². The van der Waals surface area contributed by atoms with Crippen molar-refractivity contribution in [2.45, 2.75) is 84.5 Å². The number of ketones is 3. The molecule has 10 rings (SSSR count). The number of hydrogen-bond acceptors (Lipinski definition) is 18. The number of alkyl halides is 1. The number of oxime groups is 2. The molecule has 96 heavy (non-hydrogen) atoms. The summed E-state index contributed by atoms with van der Waals surface area (Å²) in [6.07, 6.45) is 7.49. The van der Waals surface area contributed by atoms with Crippen LogP contribution in [0, 0.1) is 40.9 Å². The van der Waals surface area contributed by atoms with Gasteiger partial charge in [-0.15, -0.1) is 11.6 Å². The third kappa shape index (κ3) is 21.7. The normalized spacial score (nSPS) is 15.0. The molecule has 0 saturated carbocycles. The molecule has 0 atom stereocenters. The number of carbonyl (C=O) groups excluding carboxylic acids is 3. The molecule has 0 amide bonds. The van der Waals surface area contributed by atoms with Gasteiger partial charge in [-0.25, -0.2) is 22.0 Å². The highest BCUT2D eigenvalue weighted by Crippen LogP contribution is 2.35. The Hall–Kier alpha value is -8.64. The van der Waals surface area contributed by atoms with Crippen LogP contribution in [0.1, 0.15) is 132 Å². The zero-order valence-corrected chi connectivity index (χ0v) is 55.7. The number of Topliss-reactive ketones (excluding diaryl/α,β-unsaturated/α-hetero) is 3. The van der Waals surface area contributed by atoms with Crippen molar-refractivity contribution in [3.63, 3.8) is 0 Å². The lowest BCUT2D eigenvalue weighted by Crippen LogP contribution is -2.37. The van der Waals surface area contributed by atoms with Crippen molar-refractivity contribution in [2.75, 3.05) is 99.4 Å². The molecule has 3 aliphatic heterocycles. The minimum absolute atomic E-state index is 0.000894. The molecule has 4 heterocycles. The van der Waals surface area contributed by atoms with Crippen molar-refractivity contribution in [3.05, 3.63) is 172 Å². The first kappa shape index (κ1) is 74.8. The maximum absolute atomic E-state index is 14.1. The van der Waals surface area contributed by atoms with E-state index in [1.807, 2.05) is 0 Å². The van der Waals surface area contributed by atoms with Gasteiger partial charge in [0.15, 0.2) is 57.4 Å². The smallest absolute Gasteiger partial charge is 0.170 e. The largest absolute Gasteiger partial charge is 0.493 e. The summed E-state index contributed by atoms with van der Waals surface area (Å²) in [7, 11) is 4.66. The van der Waals surface area contributed by atoms with E-state index in [0.29, 0.717) is 94.1 Å². The second-order valence-corrected chi connectivity index (χ2v) is 23.6. The van der Waals surface area contributed by atoms with E-state index in [2.05, 4.69) is 30.6 Å². The van der Waals surface area contributed by atoms with Crippen molar-refractivity contribution in [3.8, 4) is 34.5 Å². The number of rotatable bonds is 25. The Balaban J connectivity index is 0.000000189. The van der Waals surface area contributed by atoms with E-state index in [-0.39, 0.29) is 51.8 Å². The van der Waals surface area contributed by atoms with Gasteiger partial charge in [-0.2, -0.15) is 0 Å². The molecular weight excluding hydrogens is 1270 g/mol. The summed E-state index contributed by atoms with van der Waals surface area (Å²) in [6, 6.07) is 26.7. The molecule has 18 nitrogen and oxygen atoms in total. The first-order valence-electron chi connectivity index (χ1n) is 31.9. The third-order valence-electron chi connectivity index (χ3n) is 16.8. The number of methoxy groups -OCH3 is 3. The van der Waals surface area contributed by atoms with Crippen molar-refractivity contribution in [1.82, 2.24) is 20.3 Å². The van der Waals surface area contributed by atoms with Crippen LogP contribution in [-0.4, -0.2) is 154 Å². The molecule has 3 N–H and O–H groups in total. The Bertz CT molecular complexity index is 3740. The first-order valence-corrected chi connectivity index (χ1v) is 32.5. The van der Waals surface area contributed by atoms with Gasteiger partial charge in [0.1, 0.15) is 29.1 Å². The third-order valence-corrected chi connectivity index (χ3v) is 17.0. The number of piperidine rings is 3. The van der Waals surface area contributed by atoms with Crippen LogP contribution in [0.3, 0.4) is 0 Å². The summed E-state index contributed by atoms with van der Waals surface area (Å²) in [5.74, 6) is 1.37. The molecular formula is C72H84ClF5N6O12. The summed E-state index contributed by atoms with van der Waals surface area (Å²) in [5, 5.41) is 33.3. The van der Waals surface area contributed by atoms with E-state index in [1.54, 1.807) is 74.9 Å². The Morgan fingerprint density at radius 2 is 0.927 bits per heavy atom. The van der Waals surface area contributed by atoms with Crippen molar-refractivity contribution in [1.29, 1.82) is 0 Å². The van der Waals surface area contributed by atoms with Gasteiger partial charge in [0.2, 0.25) is 0 Å². The van der Waals surface area contributed by atoms with Crippen LogP contribution in [0.5, 0.6) is 34.5 Å².